The van der Waals surface area contributed by atoms with Crippen molar-refractivity contribution in [2.45, 2.75) is 46.2 Å². The first-order valence-corrected chi connectivity index (χ1v) is 13.2. The van der Waals surface area contributed by atoms with Gasteiger partial charge in [0.2, 0.25) is 15.9 Å². The van der Waals surface area contributed by atoms with E-state index in [1.54, 1.807) is 36.6 Å². The number of aryl methyl sites for hydroxylation is 1. The molecular formula is C22H26N4O6S2. The molecular weight excluding hydrogens is 480 g/mol. The van der Waals surface area contributed by atoms with E-state index in [1.807, 2.05) is 13.8 Å². The smallest absolute Gasteiger partial charge is 0.308 e. The molecule has 1 amide bonds. The van der Waals surface area contributed by atoms with Crippen molar-refractivity contribution in [3.8, 4) is 0 Å². The van der Waals surface area contributed by atoms with Crippen LogP contribution in [0.2, 0.25) is 0 Å². The fourth-order valence-electron chi connectivity index (χ4n) is 3.81. The van der Waals surface area contributed by atoms with Gasteiger partial charge in [-0.05, 0) is 51.0 Å². The Morgan fingerprint density at radius 1 is 1.24 bits per heavy atom. The van der Waals surface area contributed by atoms with Crippen molar-refractivity contribution in [2.24, 2.45) is 0 Å². The number of nitrogens with zero attached hydrogens (tertiary/aromatic N) is 3. The number of carbonyl (C=O) groups excluding carboxylic acids is 1. The molecule has 34 heavy (non-hydrogen) atoms. The summed E-state index contributed by atoms with van der Waals surface area (Å²) in [5.74, 6) is -0.589. The molecule has 0 saturated heterocycles. The van der Waals surface area contributed by atoms with E-state index < -0.39 is 26.9 Å². The van der Waals surface area contributed by atoms with Crippen LogP contribution in [0.1, 0.15) is 38.8 Å². The highest BCUT2D eigenvalue weighted by Gasteiger charge is 2.33. The summed E-state index contributed by atoms with van der Waals surface area (Å²) in [5.41, 5.74) is 1.43. The second-order valence-electron chi connectivity index (χ2n) is 8.21. The maximum Gasteiger partial charge on any atom is 0.308 e. The number of non-ortho nitro benzene ring substituents is 1. The average molecular weight is 507 g/mol. The van der Waals surface area contributed by atoms with E-state index >= 15 is 0 Å². The molecule has 3 rings (SSSR count). The topological polar surface area (TPSA) is 132 Å². The van der Waals surface area contributed by atoms with Gasteiger partial charge in [0, 0.05) is 23.9 Å². The third-order valence-corrected chi connectivity index (χ3v) is 7.45. The van der Waals surface area contributed by atoms with Crippen LogP contribution >= 0.6 is 11.3 Å². The zero-order valence-corrected chi connectivity index (χ0v) is 21.1. The number of sulfonamides is 1. The Balaban J connectivity index is 2.01. The molecule has 3 aromatic rings. The minimum Gasteiger partial charge on any atom is -0.324 e. The predicted molar refractivity (Wildman–Crippen MR) is 134 cm³/mol. The first-order valence-electron chi connectivity index (χ1n) is 10.6. The Labute approximate surface area is 201 Å². The fraction of sp³-hybridized carbons (Fsp3) is 0.364. The number of nitro groups is 1. The predicted octanol–water partition coefficient (Wildman–Crippen LogP) is 4.04. The van der Waals surface area contributed by atoms with Gasteiger partial charge in [0.15, 0.2) is 0 Å². The third-order valence-electron chi connectivity index (χ3n) is 5.37. The molecule has 10 nitrogen and oxygen atoms in total. The van der Waals surface area contributed by atoms with E-state index in [4.69, 9.17) is 0 Å². The lowest BCUT2D eigenvalue weighted by molar-refractivity contribution is -0.384. The van der Waals surface area contributed by atoms with Crippen LogP contribution in [0.4, 0.5) is 17.1 Å². The zero-order chi connectivity index (χ0) is 25.4. The number of carbonyl (C=O) groups is 1. The molecule has 1 aromatic heterocycles. The number of hydrogen-bond acceptors (Lipinski definition) is 7. The number of benzene rings is 2. The second kappa shape index (κ2) is 9.55. The van der Waals surface area contributed by atoms with E-state index in [2.05, 4.69) is 5.32 Å². The van der Waals surface area contributed by atoms with Crippen molar-refractivity contribution in [3.05, 3.63) is 61.7 Å². The van der Waals surface area contributed by atoms with Crippen molar-refractivity contribution < 1.29 is 18.1 Å². The van der Waals surface area contributed by atoms with Gasteiger partial charge in [-0.25, -0.2) is 8.42 Å². The summed E-state index contributed by atoms with van der Waals surface area (Å²) in [4.78, 5) is 36.1. The number of rotatable bonds is 8. The van der Waals surface area contributed by atoms with Crippen LogP contribution in [0.25, 0.3) is 10.2 Å². The van der Waals surface area contributed by atoms with Gasteiger partial charge in [0.05, 0.1) is 27.1 Å². The molecule has 0 spiro atoms. The summed E-state index contributed by atoms with van der Waals surface area (Å²) >= 11 is 1.06. The van der Waals surface area contributed by atoms with Crippen LogP contribution in [-0.2, 0) is 14.8 Å². The largest absolute Gasteiger partial charge is 0.324 e. The number of nitrogens with one attached hydrogen (secondary N) is 1. The van der Waals surface area contributed by atoms with Gasteiger partial charge in [-0.3, -0.25) is 28.6 Å². The zero-order valence-electron chi connectivity index (χ0n) is 19.4. The molecule has 1 N–H and O–H groups in total. The normalized spacial score (nSPS) is 12.6. The van der Waals surface area contributed by atoms with Crippen molar-refractivity contribution in [2.75, 3.05) is 15.9 Å². The van der Waals surface area contributed by atoms with Crippen LogP contribution in [0.15, 0.2) is 41.2 Å². The Morgan fingerprint density at radius 3 is 2.47 bits per heavy atom. The van der Waals surface area contributed by atoms with Crippen LogP contribution < -0.4 is 14.5 Å². The van der Waals surface area contributed by atoms with Crippen LogP contribution in [-0.4, -0.2) is 36.1 Å². The standard InChI is InChI=1S/C22H26N4O6S2/c1-6-17(25(34(5,31)32)19-12-16(26(29)30)9-7-14(19)4)21(27)23-15-8-10-18-20(11-15)33-22(28)24(18)13(2)3/h7-13,17H,6H2,1-5H3,(H,23,27)/t17-/m0/s1. The monoisotopic (exact) mass is 506 g/mol. The Kier molecular flexibility index (Phi) is 7.13. The number of amides is 1. The number of fused-ring (bicyclic) bond motifs is 1. The van der Waals surface area contributed by atoms with Crippen LogP contribution in [0.3, 0.4) is 0 Å². The molecule has 182 valence electrons. The summed E-state index contributed by atoms with van der Waals surface area (Å²) in [5, 5.41) is 14.0. The van der Waals surface area contributed by atoms with E-state index in [0.29, 0.717) is 16.0 Å². The minimum absolute atomic E-state index is 0.0207. The maximum atomic E-state index is 13.2. The third kappa shape index (κ3) is 4.97. The quantitative estimate of drug-likeness (QED) is 0.362. The van der Waals surface area contributed by atoms with Crippen LogP contribution in [0, 0.1) is 17.0 Å². The lowest BCUT2D eigenvalue weighted by atomic mass is 10.1. The van der Waals surface area contributed by atoms with E-state index in [1.165, 1.54) is 12.1 Å². The molecule has 2 aromatic carbocycles. The SMILES string of the molecule is CC[C@@H](C(=O)Nc1ccc2c(c1)sc(=O)n2C(C)C)N(c1cc([N+](=O)[O-])ccc1C)S(C)(=O)=O. The molecule has 0 radical (unpaired) electrons. The molecule has 0 unspecified atom stereocenters. The van der Waals surface area contributed by atoms with Crippen molar-refractivity contribution in [1.29, 1.82) is 0 Å². The molecule has 12 heteroatoms. The van der Waals surface area contributed by atoms with Gasteiger partial charge < -0.3 is 5.32 Å². The number of nitro benzene ring substituents is 1. The molecule has 0 saturated carbocycles. The molecule has 0 bridgehead atoms. The van der Waals surface area contributed by atoms with E-state index in [-0.39, 0.29) is 28.7 Å². The van der Waals surface area contributed by atoms with Gasteiger partial charge in [0.1, 0.15) is 6.04 Å². The number of aromatic nitrogens is 1. The van der Waals surface area contributed by atoms with Crippen molar-refractivity contribution in [3.63, 3.8) is 0 Å². The highest BCUT2D eigenvalue weighted by atomic mass is 32.2. The lowest BCUT2D eigenvalue weighted by Gasteiger charge is -2.31. The Bertz CT molecular complexity index is 1420. The molecule has 0 fully saturated rings. The van der Waals surface area contributed by atoms with Crippen LogP contribution in [0.5, 0.6) is 0 Å². The van der Waals surface area contributed by atoms with E-state index in [0.717, 1.165) is 33.5 Å². The molecule has 0 aliphatic carbocycles. The first-order chi connectivity index (χ1) is 15.8. The molecule has 1 atom stereocenters. The summed E-state index contributed by atoms with van der Waals surface area (Å²) in [6.07, 6.45) is 1.08. The number of thiazole rings is 1. The van der Waals surface area contributed by atoms with Gasteiger partial charge in [-0.1, -0.05) is 24.3 Å². The number of anilines is 2. The Morgan fingerprint density at radius 2 is 1.91 bits per heavy atom. The van der Waals surface area contributed by atoms with Gasteiger partial charge in [-0.15, -0.1) is 0 Å². The second-order valence-corrected chi connectivity index (χ2v) is 11.1. The Hall–Kier alpha value is -3.25. The molecule has 0 aliphatic rings. The minimum atomic E-state index is -3.97. The van der Waals surface area contributed by atoms with Gasteiger partial charge in [0.25, 0.3) is 5.69 Å². The summed E-state index contributed by atoms with van der Waals surface area (Å²) in [7, 11) is -3.97. The fourth-order valence-corrected chi connectivity index (χ4v) is 6.13. The summed E-state index contributed by atoms with van der Waals surface area (Å²) < 4.78 is 28.8. The number of hydrogen-bond donors (Lipinski definition) is 1. The van der Waals surface area contributed by atoms with Crippen molar-refractivity contribution in [1.82, 2.24) is 4.57 Å². The van der Waals surface area contributed by atoms with E-state index in [9.17, 15) is 28.1 Å². The maximum absolute atomic E-state index is 13.2. The first kappa shape index (κ1) is 25.4. The molecule has 0 aliphatic heterocycles. The van der Waals surface area contributed by atoms with Crippen molar-refractivity contribution >= 4 is 54.5 Å². The summed E-state index contributed by atoms with van der Waals surface area (Å²) in [6, 6.07) is 7.79. The molecule has 1 heterocycles. The lowest BCUT2D eigenvalue weighted by Crippen LogP contribution is -2.47. The highest BCUT2D eigenvalue weighted by Crippen LogP contribution is 2.31. The average Bonchev–Trinajstić information content (AvgIpc) is 3.06. The van der Waals surface area contributed by atoms with Gasteiger partial charge >= 0.3 is 4.87 Å². The highest BCUT2D eigenvalue weighted by molar-refractivity contribution is 7.92. The summed E-state index contributed by atoms with van der Waals surface area (Å²) in [6.45, 7) is 7.10. The van der Waals surface area contributed by atoms with Gasteiger partial charge in [-0.2, -0.15) is 0 Å².